The lowest BCUT2D eigenvalue weighted by molar-refractivity contribution is 0.352. The highest BCUT2D eigenvalue weighted by molar-refractivity contribution is 7.11. The molecule has 0 aliphatic carbocycles. The van der Waals surface area contributed by atoms with Crippen LogP contribution in [0.5, 0.6) is 11.5 Å². The number of guanidine groups is 1. The van der Waals surface area contributed by atoms with Gasteiger partial charge in [0.15, 0.2) is 17.5 Å². The zero-order chi connectivity index (χ0) is 19.8. The molecule has 146 valence electrons. The van der Waals surface area contributed by atoms with Crippen molar-refractivity contribution in [3.05, 3.63) is 51.5 Å². The van der Waals surface area contributed by atoms with Crippen molar-refractivity contribution in [2.24, 2.45) is 4.99 Å². The molecule has 27 heavy (non-hydrogen) atoms. The van der Waals surface area contributed by atoms with Crippen LogP contribution in [0.3, 0.4) is 0 Å². The second kappa shape index (κ2) is 9.97. The average Bonchev–Trinajstić information content (AvgIpc) is 2.99. The molecular weight excluding hydrogens is 360 g/mol. The lowest BCUT2D eigenvalue weighted by Crippen LogP contribution is -2.36. The van der Waals surface area contributed by atoms with Crippen LogP contribution in [0.1, 0.15) is 26.7 Å². The minimum atomic E-state index is 0.611. The van der Waals surface area contributed by atoms with Crippen molar-refractivity contribution < 1.29 is 9.47 Å². The third-order valence-corrected chi connectivity index (χ3v) is 5.22. The number of benzene rings is 1. The molecule has 1 aromatic carbocycles. The summed E-state index contributed by atoms with van der Waals surface area (Å²) in [6.07, 6.45) is 2.57. The quantitative estimate of drug-likeness (QED) is 0.412. The van der Waals surface area contributed by atoms with Gasteiger partial charge in [0.05, 0.1) is 26.5 Å². The maximum atomic E-state index is 5.49. The van der Waals surface area contributed by atoms with Gasteiger partial charge in [-0.05, 0) is 38.0 Å². The number of hydrogen-bond donors (Lipinski definition) is 2. The number of thiazole rings is 1. The first kappa shape index (κ1) is 20.8. The molecule has 1 aromatic heterocycles. The van der Waals surface area contributed by atoms with Gasteiger partial charge in [0.25, 0.3) is 0 Å². The van der Waals surface area contributed by atoms with E-state index in [-0.39, 0.29) is 0 Å². The molecule has 6 nitrogen and oxygen atoms in total. The summed E-state index contributed by atoms with van der Waals surface area (Å²) >= 11 is 1.70. The van der Waals surface area contributed by atoms with Crippen molar-refractivity contribution in [3.63, 3.8) is 0 Å². The molecule has 7 heteroatoms. The van der Waals surface area contributed by atoms with Gasteiger partial charge in [0, 0.05) is 24.0 Å². The van der Waals surface area contributed by atoms with Gasteiger partial charge in [-0.1, -0.05) is 6.08 Å². The Morgan fingerprint density at radius 2 is 1.96 bits per heavy atom. The molecule has 0 aliphatic heterocycles. The summed E-state index contributed by atoms with van der Waals surface area (Å²) < 4.78 is 11.0. The second-order valence-electron chi connectivity index (χ2n) is 6.01. The van der Waals surface area contributed by atoms with E-state index in [0.717, 1.165) is 33.5 Å². The largest absolute Gasteiger partial charge is 0.493 e. The molecule has 0 amide bonds. The molecule has 0 saturated heterocycles. The topological polar surface area (TPSA) is 67.8 Å². The van der Waals surface area contributed by atoms with E-state index >= 15 is 0 Å². The summed E-state index contributed by atoms with van der Waals surface area (Å²) in [5, 5.41) is 7.68. The molecule has 0 fully saturated rings. The monoisotopic (exact) mass is 388 g/mol. The highest BCUT2D eigenvalue weighted by Gasteiger charge is 2.12. The molecule has 0 atom stereocenters. The van der Waals surface area contributed by atoms with Gasteiger partial charge in [-0.3, -0.25) is 4.99 Å². The fourth-order valence-corrected chi connectivity index (χ4v) is 3.57. The Bertz CT molecular complexity index is 795. The first-order valence-corrected chi connectivity index (χ1v) is 9.56. The van der Waals surface area contributed by atoms with Crippen molar-refractivity contribution in [1.29, 1.82) is 0 Å². The summed E-state index contributed by atoms with van der Waals surface area (Å²) in [4.78, 5) is 10.1. The Morgan fingerprint density at radius 1 is 1.22 bits per heavy atom. The normalized spacial score (nSPS) is 11.2. The van der Waals surface area contributed by atoms with Gasteiger partial charge < -0.3 is 20.1 Å². The van der Waals surface area contributed by atoms with Crippen LogP contribution in [0.15, 0.2) is 29.8 Å². The van der Waals surface area contributed by atoms with Crippen LogP contribution in [-0.2, 0) is 19.5 Å². The molecule has 0 unspecified atom stereocenters. The lowest BCUT2D eigenvalue weighted by atomic mass is 10.1. The third-order valence-electron chi connectivity index (χ3n) is 4.14. The van der Waals surface area contributed by atoms with E-state index in [1.165, 1.54) is 4.88 Å². The number of hydrogen-bond acceptors (Lipinski definition) is 5. The maximum absolute atomic E-state index is 5.49. The van der Waals surface area contributed by atoms with Crippen LogP contribution >= 0.6 is 11.3 Å². The molecule has 0 radical (unpaired) electrons. The number of nitrogens with one attached hydrogen (secondary N) is 2. The Kier molecular flexibility index (Phi) is 7.67. The zero-order valence-corrected chi connectivity index (χ0v) is 17.5. The van der Waals surface area contributed by atoms with E-state index in [0.29, 0.717) is 25.3 Å². The number of aromatic nitrogens is 1. The SMILES string of the molecule is C=CCc1cc(CNC(=NC)NCc2nc(C)c(C)s2)cc(OC)c1OC. The molecule has 0 bridgehead atoms. The van der Waals surface area contributed by atoms with Crippen molar-refractivity contribution in [2.45, 2.75) is 33.4 Å². The minimum absolute atomic E-state index is 0.611. The Hall–Kier alpha value is -2.54. The molecule has 1 heterocycles. The van der Waals surface area contributed by atoms with Gasteiger partial charge in [0.1, 0.15) is 5.01 Å². The summed E-state index contributed by atoms with van der Waals surface area (Å²) in [7, 11) is 5.05. The summed E-state index contributed by atoms with van der Waals surface area (Å²) in [5.74, 6) is 2.18. The Labute approximate surface area is 165 Å². The third kappa shape index (κ3) is 5.47. The van der Waals surface area contributed by atoms with Gasteiger partial charge >= 0.3 is 0 Å². The number of aliphatic imine (C=N–C) groups is 1. The van der Waals surface area contributed by atoms with Crippen LogP contribution in [0.25, 0.3) is 0 Å². The minimum Gasteiger partial charge on any atom is -0.493 e. The predicted molar refractivity (Wildman–Crippen MR) is 112 cm³/mol. The number of ether oxygens (including phenoxy) is 2. The highest BCUT2D eigenvalue weighted by atomic mass is 32.1. The van der Waals surface area contributed by atoms with Crippen LogP contribution in [0.4, 0.5) is 0 Å². The molecule has 2 aromatic rings. The average molecular weight is 389 g/mol. The van der Waals surface area contributed by atoms with E-state index in [1.807, 2.05) is 19.1 Å². The number of aryl methyl sites for hydroxylation is 2. The molecule has 0 saturated carbocycles. The maximum Gasteiger partial charge on any atom is 0.191 e. The number of methoxy groups -OCH3 is 2. The van der Waals surface area contributed by atoms with E-state index < -0.39 is 0 Å². The van der Waals surface area contributed by atoms with E-state index in [2.05, 4.69) is 40.2 Å². The standard InChI is InChI=1S/C20H28N4O2S/c1-7-8-16-9-15(10-17(25-5)19(16)26-6)11-22-20(21-4)23-12-18-24-13(2)14(3)27-18/h7,9-10H,1,8,11-12H2,2-6H3,(H2,21,22,23). The van der Waals surface area contributed by atoms with Crippen LogP contribution in [0.2, 0.25) is 0 Å². The Morgan fingerprint density at radius 3 is 2.52 bits per heavy atom. The van der Waals surface area contributed by atoms with Crippen LogP contribution in [0, 0.1) is 13.8 Å². The van der Waals surface area contributed by atoms with Crippen molar-refractivity contribution in [3.8, 4) is 11.5 Å². The fraction of sp³-hybridized carbons (Fsp3) is 0.400. The smallest absolute Gasteiger partial charge is 0.191 e. The first-order chi connectivity index (χ1) is 13.0. The van der Waals surface area contributed by atoms with Gasteiger partial charge in [-0.15, -0.1) is 17.9 Å². The van der Waals surface area contributed by atoms with Crippen LogP contribution in [-0.4, -0.2) is 32.2 Å². The van der Waals surface area contributed by atoms with Gasteiger partial charge in [0.2, 0.25) is 0 Å². The van der Waals surface area contributed by atoms with Crippen molar-refractivity contribution >= 4 is 17.3 Å². The van der Waals surface area contributed by atoms with E-state index in [9.17, 15) is 0 Å². The fourth-order valence-electron chi connectivity index (χ4n) is 2.70. The van der Waals surface area contributed by atoms with Crippen molar-refractivity contribution in [2.75, 3.05) is 21.3 Å². The Balaban J connectivity index is 2.04. The first-order valence-electron chi connectivity index (χ1n) is 8.74. The van der Waals surface area contributed by atoms with E-state index in [4.69, 9.17) is 9.47 Å². The number of allylic oxidation sites excluding steroid dienone is 1. The molecule has 2 N–H and O–H groups in total. The molecule has 2 rings (SSSR count). The molecule has 0 spiro atoms. The summed E-state index contributed by atoms with van der Waals surface area (Å²) in [6.45, 7) is 9.19. The lowest BCUT2D eigenvalue weighted by Gasteiger charge is -2.16. The number of rotatable bonds is 8. The zero-order valence-electron chi connectivity index (χ0n) is 16.7. The van der Waals surface area contributed by atoms with Crippen molar-refractivity contribution in [1.82, 2.24) is 15.6 Å². The summed E-state index contributed by atoms with van der Waals surface area (Å²) in [6, 6.07) is 4.07. The number of nitrogens with zero attached hydrogens (tertiary/aromatic N) is 2. The van der Waals surface area contributed by atoms with Gasteiger partial charge in [-0.2, -0.15) is 0 Å². The molecular formula is C20H28N4O2S. The van der Waals surface area contributed by atoms with Gasteiger partial charge in [-0.25, -0.2) is 4.98 Å². The van der Waals surface area contributed by atoms with Crippen LogP contribution < -0.4 is 20.1 Å². The predicted octanol–water partition coefficient (Wildman–Crippen LogP) is 3.37. The highest BCUT2D eigenvalue weighted by Crippen LogP contribution is 2.33. The molecule has 0 aliphatic rings. The van der Waals surface area contributed by atoms with E-state index in [1.54, 1.807) is 32.6 Å². The summed E-state index contributed by atoms with van der Waals surface area (Å²) in [5.41, 5.74) is 3.20. The second-order valence-corrected chi connectivity index (χ2v) is 7.30.